The van der Waals surface area contributed by atoms with Crippen LogP contribution in [0.4, 0.5) is 0 Å². The van der Waals surface area contributed by atoms with E-state index in [1.54, 1.807) is 0 Å². The van der Waals surface area contributed by atoms with Crippen molar-refractivity contribution in [2.45, 2.75) is 51.4 Å². The Labute approximate surface area is 101 Å². The van der Waals surface area contributed by atoms with Gasteiger partial charge in [0.05, 0.1) is 0 Å². The lowest BCUT2D eigenvalue weighted by Crippen LogP contribution is -2.40. The maximum Gasteiger partial charge on any atom is 0.303 e. The van der Waals surface area contributed by atoms with E-state index in [1.807, 2.05) is 0 Å². The monoisotopic (exact) mass is 241 g/mol. The van der Waals surface area contributed by atoms with Gasteiger partial charge < -0.3 is 5.11 Å². The van der Waals surface area contributed by atoms with Crippen LogP contribution in [0.5, 0.6) is 0 Å². The van der Waals surface area contributed by atoms with Gasteiger partial charge in [-0.05, 0) is 19.3 Å². The molecule has 0 aromatic rings. The molecule has 1 N–H and O–H groups in total. The summed E-state index contributed by atoms with van der Waals surface area (Å²) in [5.74, 6) is -0.898. The van der Waals surface area contributed by atoms with E-state index < -0.39 is 5.97 Å². The van der Waals surface area contributed by atoms with E-state index >= 15 is 0 Å². The van der Waals surface area contributed by atoms with Gasteiger partial charge >= 0.3 is 5.97 Å². The zero-order chi connectivity index (χ0) is 12.7. The molecule has 5 heteroatoms. The van der Waals surface area contributed by atoms with Gasteiger partial charge in [-0.15, -0.1) is 0 Å². The second-order valence-corrected chi connectivity index (χ2v) is 4.35. The number of likely N-dealkylation sites (tertiary alicyclic amines) is 1. The van der Waals surface area contributed by atoms with Gasteiger partial charge in [-0.25, -0.2) is 0 Å². The Morgan fingerprint density at radius 2 is 1.65 bits per heavy atom. The summed E-state index contributed by atoms with van der Waals surface area (Å²) in [7, 11) is 0. The molecule has 2 amide bonds. The molecule has 1 rings (SSSR count). The molecule has 1 saturated heterocycles. The SMILES string of the molecule is O=C(O)CCCCCCN1C(=O)CCCC1=O. The van der Waals surface area contributed by atoms with E-state index in [0.717, 1.165) is 19.3 Å². The Hall–Kier alpha value is -1.39. The first kappa shape index (κ1) is 13.7. The first-order chi connectivity index (χ1) is 8.11. The average molecular weight is 241 g/mol. The van der Waals surface area contributed by atoms with Crippen molar-refractivity contribution in [2.24, 2.45) is 0 Å². The zero-order valence-electron chi connectivity index (χ0n) is 9.98. The number of hydrogen-bond donors (Lipinski definition) is 1. The normalized spacial score (nSPS) is 16.4. The standard InChI is InChI=1S/C12H19NO4/c14-10-6-5-7-11(15)13(10)9-4-2-1-3-8-12(16)17/h1-9H2,(H,16,17). The molecule has 5 nitrogen and oxygen atoms in total. The number of carboxylic acid groups (broad SMARTS) is 1. The second kappa shape index (κ2) is 7.04. The second-order valence-electron chi connectivity index (χ2n) is 4.35. The lowest BCUT2D eigenvalue weighted by molar-refractivity contribution is -0.148. The maximum atomic E-state index is 11.4. The number of aliphatic carboxylic acids is 1. The summed E-state index contributed by atoms with van der Waals surface area (Å²) >= 11 is 0. The molecule has 0 aromatic heterocycles. The molecular formula is C12H19NO4. The molecular weight excluding hydrogens is 222 g/mol. The zero-order valence-corrected chi connectivity index (χ0v) is 9.98. The number of carbonyl (C=O) groups excluding carboxylic acids is 2. The van der Waals surface area contributed by atoms with Gasteiger partial charge in [0.1, 0.15) is 0 Å². The predicted molar refractivity (Wildman–Crippen MR) is 61.3 cm³/mol. The van der Waals surface area contributed by atoms with Crippen LogP contribution < -0.4 is 0 Å². The molecule has 96 valence electrons. The average Bonchev–Trinajstić information content (AvgIpc) is 2.26. The highest BCUT2D eigenvalue weighted by Gasteiger charge is 2.24. The molecule has 0 atom stereocenters. The Bertz CT molecular complexity index is 285. The molecule has 0 spiro atoms. The molecule has 0 bridgehead atoms. The van der Waals surface area contributed by atoms with Gasteiger partial charge in [-0.3, -0.25) is 19.3 Å². The van der Waals surface area contributed by atoms with E-state index in [-0.39, 0.29) is 18.2 Å². The van der Waals surface area contributed by atoms with Crippen LogP contribution in [0.1, 0.15) is 51.4 Å². The number of carbonyl (C=O) groups is 3. The summed E-state index contributed by atoms with van der Waals surface area (Å²) in [6.07, 6.45) is 4.96. The van der Waals surface area contributed by atoms with Crippen LogP contribution in [-0.4, -0.2) is 34.3 Å². The van der Waals surface area contributed by atoms with Crippen molar-refractivity contribution in [1.82, 2.24) is 4.90 Å². The van der Waals surface area contributed by atoms with Gasteiger partial charge in [0.15, 0.2) is 0 Å². The molecule has 1 aliphatic heterocycles. The molecule has 17 heavy (non-hydrogen) atoms. The highest BCUT2D eigenvalue weighted by molar-refractivity contribution is 5.97. The van der Waals surface area contributed by atoms with E-state index in [1.165, 1.54) is 4.90 Å². The number of piperidine rings is 1. The van der Waals surface area contributed by atoms with Crippen molar-refractivity contribution in [3.63, 3.8) is 0 Å². The first-order valence-corrected chi connectivity index (χ1v) is 6.16. The molecule has 0 radical (unpaired) electrons. The van der Waals surface area contributed by atoms with Crippen LogP contribution >= 0.6 is 0 Å². The summed E-state index contributed by atoms with van der Waals surface area (Å²) in [5, 5.41) is 8.45. The third kappa shape index (κ3) is 4.97. The van der Waals surface area contributed by atoms with Crippen LogP contribution in [0.3, 0.4) is 0 Å². The summed E-state index contributed by atoms with van der Waals surface area (Å²) in [5.41, 5.74) is 0. The molecule has 0 aromatic carbocycles. The quantitative estimate of drug-likeness (QED) is 0.542. The fourth-order valence-corrected chi connectivity index (χ4v) is 1.95. The largest absolute Gasteiger partial charge is 0.481 e. The maximum absolute atomic E-state index is 11.4. The number of imide groups is 1. The summed E-state index contributed by atoms with van der Waals surface area (Å²) < 4.78 is 0. The summed E-state index contributed by atoms with van der Waals surface area (Å²) in [6, 6.07) is 0. The molecule has 0 aliphatic carbocycles. The van der Waals surface area contributed by atoms with Crippen molar-refractivity contribution in [2.75, 3.05) is 6.54 Å². The Morgan fingerprint density at radius 3 is 2.24 bits per heavy atom. The van der Waals surface area contributed by atoms with Gasteiger partial charge in [0, 0.05) is 25.8 Å². The van der Waals surface area contributed by atoms with Crippen LogP contribution in [0.15, 0.2) is 0 Å². The molecule has 1 fully saturated rings. The number of hydrogen-bond acceptors (Lipinski definition) is 3. The Balaban J connectivity index is 2.11. The van der Waals surface area contributed by atoms with E-state index in [9.17, 15) is 14.4 Å². The Kier molecular flexibility index (Phi) is 5.66. The minimum Gasteiger partial charge on any atom is -0.481 e. The highest BCUT2D eigenvalue weighted by Crippen LogP contribution is 2.13. The number of nitrogens with zero attached hydrogens (tertiary/aromatic N) is 1. The number of carboxylic acids is 1. The van der Waals surface area contributed by atoms with Crippen molar-refractivity contribution in [1.29, 1.82) is 0 Å². The van der Waals surface area contributed by atoms with Crippen molar-refractivity contribution >= 4 is 17.8 Å². The molecule has 0 saturated carbocycles. The van der Waals surface area contributed by atoms with Crippen LogP contribution in [-0.2, 0) is 14.4 Å². The van der Waals surface area contributed by atoms with Gasteiger partial charge in [0.2, 0.25) is 11.8 Å². The third-order valence-corrected chi connectivity index (χ3v) is 2.91. The number of unbranched alkanes of at least 4 members (excludes halogenated alkanes) is 3. The lowest BCUT2D eigenvalue weighted by atomic mass is 10.1. The first-order valence-electron chi connectivity index (χ1n) is 6.16. The van der Waals surface area contributed by atoms with Crippen molar-refractivity contribution in [3.05, 3.63) is 0 Å². The van der Waals surface area contributed by atoms with Gasteiger partial charge in [-0.2, -0.15) is 0 Å². The van der Waals surface area contributed by atoms with Gasteiger partial charge in [-0.1, -0.05) is 12.8 Å². The van der Waals surface area contributed by atoms with E-state index in [4.69, 9.17) is 5.11 Å². The van der Waals surface area contributed by atoms with Crippen molar-refractivity contribution in [3.8, 4) is 0 Å². The van der Waals surface area contributed by atoms with E-state index in [0.29, 0.717) is 32.2 Å². The summed E-state index contributed by atoms with van der Waals surface area (Å²) in [6.45, 7) is 0.491. The van der Waals surface area contributed by atoms with Crippen molar-refractivity contribution < 1.29 is 19.5 Å². The minimum atomic E-state index is -0.772. The molecule has 1 heterocycles. The number of amides is 2. The fraction of sp³-hybridized carbons (Fsp3) is 0.750. The van der Waals surface area contributed by atoms with Crippen LogP contribution in [0.2, 0.25) is 0 Å². The van der Waals surface area contributed by atoms with E-state index in [2.05, 4.69) is 0 Å². The van der Waals surface area contributed by atoms with Crippen LogP contribution in [0.25, 0.3) is 0 Å². The lowest BCUT2D eigenvalue weighted by Gasteiger charge is -2.24. The third-order valence-electron chi connectivity index (χ3n) is 2.91. The van der Waals surface area contributed by atoms with Crippen LogP contribution in [0, 0.1) is 0 Å². The topological polar surface area (TPSA) is 74.7 Å². The van der Waals surface area contributed by atoms with Gasteiger partial charge in [0.25, 0.3) is 0 Å². The predicted octanol–water partition coefficient (Wildman–Crippen LogP) is 1.56. The molecule has 0 unspecified atom stereocenters. The highest BCUT2D eigenvalue weighted by atomic mass is 16.4. The minimum absolute atomic E-state index is 0.0632. The number of rotatable bonds is 7. The smallest absolute Gasteiger partial charge is 0.303 e. The Morgan fingerprint density at radius 1 is 1.06 bits per heavy atom. The fourth-order valence-electron chi connectivity index (χ4n) is 1.95. The summed E-state index contributed by atoms with van der Waals surface area (Å²) in [4.78, 5) is 34.5. The molecule has 1 aliphatic rings.